The van der Waals surface area contributed by atoms with Gasteiger partial charge < -0.3 is 0 Å². The smallest absolute Gasteiger partial charge is 0.190 e. The number of rotatable bonds is 1. The maximum atomic E-state index is 9.21. The minimum Gasteiger partial charge on any atom is -0.233 e. The van der Waals surface area contributed by atoms with Crippen molar-refractivity contribution in [1.29, 1.82) is 0 Å². The molecule has 0 N–H and O–H groups in total. The highest BCUT2D eigenvalue weighted by molar-refractivity contribution is 5.51. The van der Waals surface area contributed by atoms with Crippen molar-refractivity contribution in [3.63, 3.8) is 0 Å². The molecule has 4 heteroatoms. The Morgan fingerprint density at radius 2 is 2.50 bits per heavy atom. The molecule has 0 aromatic carbocycles. The van der Waals surface area contributed by atoms with Crippen molar-refractivity contribution < 1.29 is 5.03 Å². The molecule has 0 heterocycles. The maximum absolute atomic E-state index is 9.21. The van der Waals surface area contributed by atoms with Gasteiger partial charge in [-0.1, -0.05) is 0 Å². The summed E-state index contributed by atoms with van der Waals surface area (Å²) in [4.78, 5) is 9.21. The predicted octanol–water partition coefficient (Wildman–Crippen LogP) is 0.269. The minimum atomic E-state index is -0.750. The molecule has 0 aromatic heterocycles. The predicted molar refractivity (Wildman–Crippen MR) is 21.2 cm³/mol. The molecule has 0 rings (SSSR count). The SMILES string of the molecule is C/C=N/[N+](=O)[O-]. The van der Waals surface area contributed by atoms with Gasteiger partial charge in [-0.15, -0.1) is 0 Å². The molecule has 0 radical (unpaired) electrons. The summed E-state index contributed by atoms with van der Waals surface area (Å²) in [5, 5.41) is 11.2. The second-order valence-corrected chi connectivity index (χ2v) is 0.612. The number of nitro groups is 1. The lowest BCUT2D eigenvalue weighted by Gasteiger charge is -1.66. The second-order valence-electron chi connectivity index (χ2n) is 0.612. The van der Waals surface area contributed by atoms with Crippen LogP contribution in [0.4, 0.5) is 0 Å². The zero-order chi connectivity index (χ0) is 4.99. The molecular weight excluding hydrogens is 84.0 g/mol. The van der Waals surface area contributed by atoms with Gasteiger partial charge in [0.2, 0.25) is 0 Å². The van der Waals surface area contributed by atoms with Crippen LogP contribution in [0.1, 0.15) is 6.92 Å². The molecule has 0 aliphatic heterocycles. The zero-order valence-electron chi connectivity index (χ0n) is 3.29. The van der Waals surface area contributed by atoms with Gasteiger partial charge in [0.1, 0.15) is 0 Å². The fourth-order valence-corrected chi connectivity index (χ4v) is 0.0943. The Kier molecular flexibility index (Phi) is 1.96. The van der Waals surface area contributed by atoms with Crippen molar-refractivity contribution in [2.24, 2.45) is 5.10 Å². The van der Waals surface area contributed by atoms with Gasteiger partial charge in [-0.3, -0.25) is 0 Å². The van der Waals surface area contributed by atoms with Crippen molar-refractivity contribution in [2.45, 2.75) is 6.92 Å². The molecule has 34 valence electrons. The highest BCUT2D eigenvalue weighted by atomic mass is 16.7. The first-order valence-corrected chi connectivity index (χ1v) is 1.40. The van der Waals surface area contributed by atoms with Crippen LogP contribution in [0.25, 0.3) is 0 Å². The van der Waals surface area contributed by atoms with E-state index in [1.165, 1.54) is 6.92 Å². The molecular formula is C2H4N2O2. The number of hydrazone groups is 1. The lowest BCUT2D eigenvalue weighted by atomic mass is 10.9. The summed E-state index contributed by atoms with van der Waals surface area (Å²) in [6.45, 7) is 1.49. The molecule has 0 unspecified atom stereocenters. The molecule has 0 aliphatic rings. The quantitative estimate of drug-likeness (QED) is 0.262. The summed E-state index contributed by atoms with van der Waals surface area (Å²) in [6.07, 6.45) is 1.12. The summed E-state index contributed by atoms with van der Waals surface area (Å²) in [6, 6.07) is 0. The molecule has 0 spiro atoms. The van der Waals surface area contributed by atoms with Crippen LogP contribution in [-0.2, 0) is 0 Å². The lowest BCUT2D eigenvalue weighted by Crippen LogP contribution is -1.81. The molecule has 0 atom stereocenters. The van der Waals surface area contributed by atoms with Gasteiger partial charge in [0.25, 0.3) is 0 Å². The average molecular weight is 88.1 g/mol. The van der Waals surface area contributed by atoms with Crippen LogP contribution in [0, 0.1) is 10.1 Å². The standard InChI is InChI=1S/C2H4N2O2/c1-2-3-4(5)6/h2H,1H3/b3-2+. The average Bonchev–Trinajstić information content (AvgIpc) is 1.35. The van der Waals surface area contributed by atoms with E-state index in [0.29, 0.717) is 0 Å². The molecule has 0 aliphatic carbocycles. The van der Waals surface area contributed by atoms with E-state index < -0.39 is 5.03 Å². The van der Waals surface area contributed by atoms with E-state index >= 15 is 0 Å². The van der Waals surface area contributed by atoms with E-state index in [4.69, 9.17) is 0 Å². The van der Waals surface area contributed by atoms with Gasteiger partial charge in [0, 0.05) is 0 Å². The Hall–Kier alpha value is -0.930. The van der Waals surface area contributed by atoms with Crippen LogP contribution < -0.4 is 0 Å². The van der Waals surface area contributed by atoms with Gasteiger partial charge >= 0.3 is 0 Å². The molecule has 6 heavy (non-hydrogen) atoms. The van der Waals surface area contributed by atoms with Gasteiger partial charge in [-0.2, -0.15) is 0 Å². The van der Waals surface area contributed by atoms with E-state index in [1.54, 1.807) is 0 Å². The molecule has 0 amide bonds. The van der Waals surface area contributed by atoms with Crippen LogP contribution in [0.2, 0.25) is 0 Å². The Morgan fingerprint density at radius 1 is 2.00 bits per heavy atom. The van der Waals surface area contributed by atoms with Crippen LogP contribution in [0.5, 0.6) is 0 Å². The van der Waals surface area contributed by atoms with Crippen molar-refractivity contribution in [3.8, 4) is 0 Å². The van der Waals surface area contributed by atoms with E-state index in [1.807, 2.05) is 0 Å². The summed E-state index contributed by atoms with van der Waals surface area (Å²) in [5.41, 5.74) is 0. The van der Waals surface area contributed by atoms with Crippen molar-refractivity contribution in [2.75, 3.05) is 0 Å². The maximum Gasteiger partial charge on any atom is 0.190 e. The van der Waals surface area contributed by atoms with Crippen molar-refractivity contribution in [3.05, 3.63) is 10.1 Å². The minimum absolute atomic E-state index is 0.750. The van der Waals surface area contributed by atoms with Crippen molar-refractivity contribution >= 4 is 6.21 Å². The van der Waals surface area contributed by atoms with Gasteiger partial charge in [0.05, 0.1) is 11.3 Å². The fourth-order valence-electron chi connectivity index (χ4n) is 0.0943. The molecule has 4 nitrogen and oxygen atoms in total. The van der Waals surface area contributed by atoms with Crippen LogP contribution in [0.3, 0.4) is 0 Å². The fraction of sp³-hybridized carbons (Fsp3) is 0.500. The molecule has 0 bridgehead atoms. The first-order chi connectivity index (χ1) is 2.77. The van der Waals surface area contributed by atoms with E-state index in [-0.39, 0.29) is 0 Å². The largest absolute Gasteiger partial charge is 0.233 e. The molecule has 0 aromatic rings. The van der Waals surface area contributed by atoms with Crippen LogP contribution in [0.15, 0.2) is 5.10 Å². The molecule has 0 fully saturated rings. The lowest BCUT2D eigenvalue weighted by molar-refractivity contribution is -0.484. The first kappa shape index (κ1) is 5.07. The Morgan fingerprint density at radius 3 is 2.50 bits per heavy atom. The monoisotopic (exact) mass is 88.0 g/mol. The van der Waals surface area contributed by atoms with Gasteiger partial charge in [-0.05, 0) is 6.92 Å². The molecule has 0 saturated heterocycles. The summed E-state index contributed by atoms with van der Waals surface area (Å²) in [7, 11) is 0. The number of hydrogen-bond donors (Lipinski definition) is 0. The zero-order valence-corrected chi connectivity index (χ0v) is 3.29. The number of nitrogens with zero attached hydrogens (tertiary/aromatic N) is 2. The third kappa shape index (κ3) is 3.07. The third-order valence-electron chi connectivity index (χ3n) is 0.210. The highest BCUT2D eigenvalue weighted by Crippen LogP contribution is 1.61. The summed E-state index contributed by atoms with van der Waals surface area (Å²) in [5.74, 6) is 0. The normalized spacial score (nSPS) is 9.50. The van der Waals surface area contributed by atoms with Crippen LogP contribution >= 0.6 is 0 Å². The van der Waals surface area contributed by atoms with E-state index in [9.17, 15) is 10.1 Å². The van der Waals surface area contributed by atoms with Crippen LogP contribution in [-0.4, -0.2) is 11.2 Å². The van der Waals surface area contributed by atoms with E-state index in [2.05, 4.69) is 5.10 Å². The second kappa shape index (κ2) is 2.32. The number of hydrogen-bond acceptors (Lipinski definition) is 2. The summed E-state index contributed by atoms with van der Waals surface area (Å²) < 4.78 is 0. The third-order valence-corrected chi connectivity index (χ3v) is 0.210. The van der Waals surface area contributed by atoms with Gasteiger partial charge in [0.15, 0.2) is 5.03 Å². The van der Waals surface area contributed by atoms with Gasteiger partial charge in [-0.25, -0.2) is 10.1 Å². The molecule has 0 saturated carbocycles. The Balaban J connectivity index is 3.30. The van der Waals surface area contributed by atoms with E-state index in [0.717, 1.165) is 6.21 Å². The first-order valence-electron chi connectivity index (χ1n) is 1.40. The Bertz CT molecular complexity index is 77.6. The van der Waals surface area contributed by atoms with Crippen molar-refractivity contribution in [1.82, 2.24) is 0 Å². The summed E-state index contributed by atoms with van der Waals surface area (Å²) >= 11 is 0. The highest BCUT2D eigenvalue weighted by Gasteiger charge is 1.75. The Labute approximate surface area is 34.6 Å². The topological polar surface area (TPSA) is 55.5 Å².